The minimum absolute atomic E-state index is 0.0893. The van der Waals surface area contributed by atoms with Gasteiger partial charge in [0, 0.05) is 11.6 Å². The summed E-state index contributed by atoms with van der Waals surface area (Å²) in [5, 5.41) is 12.6. The van der Waals surface area contributed by atoms with Gasteiger partial charge in [-0.25, -0.2) is 0 Å². The van der Waals surface area contributed by atoms with Crippen LogP contribution in [0.4, 0.5) is 0 Å². The highest BCUT2D eigenvalue weighted by molar-refractivity contribution is 14.1. The first-order valence-corrected chi connectivity index (χ1v) is 7.77. The van der Waals surface area contributed by atoms with E-state index in [9.17, 15) is 9.90 Å². The van der Waals surface area contributed by atoms with Gasteiger partial charge in [0.2, 0.25) is 0 Å². The molecule has 1 saturated heterocycles. The number of phenolic OH excluding ortho intramolecular Hbond substituents is 1. The molecule has 5 heteroatoms. The molecule has 2 N–H and O–H groups in total. The Kier molecular flexibility index (Phi) is 4.55. The van der Waals surface area contributed by atoms with Crippen molar-refractivity contribution in [3.63, 3.8) is 0 Å². The molecule has 0 aromatic heterocycles. The van der Waals surface area contributed by atoms with Crippen LogP contribution < -0.4 is 5.32 Å². The molecular formula is C12H14INO2S. The van der Waals surface area contributed by atoms with Crippen molar-refractivity contribution in [2.75, 3.05) is 11.5 Å². The number of aromatic hydroxyl groups is 1. The SMILES string of the molecule is O=C(NC1CCSCC1)c1ccc(I)c(O)c1. The molecule has 0 aliphatic carbocycles. The number of hydrogen-bond donors (Lipinski definition) is 2. The van der Waals surface area contributed by atoms with Gasteiger partial charge in [-0.2, -0.15) is 11.8 Å². The predicted molar refractivity (Wildman–Crippen MR) is 78.6 cm³/mol. The minimum atomic E-state index is -0.0893. The molecule has 0 unspecified atom stereocenters. The van der Waals surface area contributed by atoms with Gasteiger partial charge in [-0.3, -0.25) is 4.79 Å². The number of rotatable bonds is 2. The van der Waals surface area contributed by atoms with E-state index in [-0.39, 0.29) is 17.7 Å². The average molecular weight is 363 g/mol. The van der Waals surface area contributed by atoms with Crippen LogP contribution in [0.5, 0.6) is 5.75 Å². The maximum absolute atomic E-state index is 11.9. The molecule has 0 bridgehead atoms. The van der Waals surface area contributed by atoms with Crippen LogP contribution in [0.1, 0.15) is 23.2 Å². The van der Waals surface area contributed by atoms with Gasteiger partial charge < -0.3 is 10.4 Å². The summed E-state index contributed by atoms with van der Waals surface area (Å²) in [6, 6.07) is 5.30. The first-order valence-electron chi connectivity index (χ1n) is 5.54. The van der Waals surface area contributed by atoms with Crippen molar-refractivity contribution < 1.29 is 9.90 Å². The van der Waals surface area contributed by atoms with Crippen LogP contribution in [0.3, 0.4) is 0 Å². The van der Waals surface area contributed by atoms with E-state index in [4.69, 9.17) is 0 Å². The van der Waals surface area contributed by atoms with Crippen molar-refractivity contribution in [3.8, 4) is 5.75 Å². The Labute approximate surface area is 119 Å². The molecule has 1 aliphatic heterocycles. The molecule has 1 aromatic rings. The zero-order chi connectivity index (χ0) is 12.3. The van der Waals surface area contributed by atoms with E-state index in [2.05, 4.69) is 5.32 Å². The zero-order valence-corrected chi connectivity index (χ0v) is 12.3. The highest BCUT2D eigenvalue weighted by atomic mass is 127. The summed E-state index contributed by atoms with van der Waals surface area (Å²) in [5.74, 6) is 2.30. The lowest BCUT2D eigenvalue weighted by Crippen LogP contribution is -2.37. The molecule has 1 amide bonds. The van der Waals surface area contributed by atoms with E-state index in [1.165, 1.54) is 6.07 Å². The third kappa shape index (κ3) is 3.51. The number of halogens is 1. The van der Waals surface area contributed by atoms with Crippen LogP contribution >= 0.6 is 34.4 Å². The first-order chi connectivity index (χ1) is 8.16. The summed E-state index contributed by atoms with van der Waals surface area (Å²) in [6.45, 7) is 0. The van der Waals surface area contributed by atoms with Gasteiger partial charge in [0.1, 0.15) is 5.75 Å². The van der Waals surface area contributed by atoms with Crippen molar-refractivity contribution in [1.29, 1.82) is 0 Å². The lowest BCUT2D eigenvalue weighted by Gasteiger charge is -2.22. The molecular weight excluding hydrogens is 349 g/mol. The van der Waals surface area contributed by atoms with Crippen molar-refractivity contribution in [2.45, 2.75) is 18.9 Å². The molecule has 2 rings (SSSR count). The maximum atomic E-state index is 11.9. The zero-order valence-electron chi connectivity index (χ0n) is 9.28. The second-order valence-corrected chi connectivity index (χ2v) is 6.41. The van der Waals surface area contributed by atoms with Crippen LogP contribution in [0, 0.1) is 3.57 Å². The molecule has 1 aromatic carbocycles. The fourth-order valence-corrected chi connectivity index (χ4v) is 3.21. The van der Waals surface area contributed by atoms with Crippen LogP contribution in [-0.2, 0) is 0 Å². The number of thioether (sulfide) groups is 1. The van der Waals surface area contributed by atoms with Crippen molar-refractivity contribution in [1.82, 2.24) is 5.32 Å². The van der Waals surface area contributed by atoms with Gasteiger partial charge in [-0.15, -0.1) is 0 Å². The lowest BCUT2D eigenvalue weighted by atomic mass is 10.1. The van der Waals surface area contributed by atoms with E-state index >= 15 is 0 Å². The third-order valence-corrected chi connectivity index (χ3v) is 4.73. The summed E-state index contributed by atoms with van der Waals surface area (Å²) in [6.07, 6.45) is 2.07. The van der Waals surface area contributed by atoms with Gasteiger partial charge in [0.15, 0.2) is 0 Å². The fraction of sp³-hybridized carbons (Fsp3) is 0.417. The molecule has 92 valence electrons. The van der Waals surface area contributed by atoms with Crippen LogP contribution in [0.2, 0.25) is 0 Å². The predicted octanol–water partition coefficient (Wildman–Crippen LogP) is 2.62. The van der Waals surface area contributed by atoms with E-state index in [1.54, 1.807) is 12.1 Å². The van der Waals surface area contributed by atoms with E-state index in [0.29, 0.717) is 5.56 Å². The van der Waals surface area contributed by atoms with Crippen molar-refractivity contribution >= 4 is 40.3 Å². The molecule has 1 fully saturated rings. The van der Waals surface area contributed by atoms with E-state index in [0.717, 1.165) is 27.9 Å². The standard InChI is InChI=1S/C12H14INO2S/c13-10-2-1-8(7-11(10)15)12(16)14-9-3-5-17-6-4-9/h1-2,7,9,15H,3-6H2,(H,14,16). The Morgan fingerprint density at radius 1 is 1.41 bits per heavy atom. The van der Waals surface area contributed by atoms with Gasteiger partial charge in [0.25, 0.3) is 5.91 Å². The van der Waals surface area contributed by atoms with Crippen molar-refractivity contribution in [2.24, 2.45) is 0 Å². The quantitative estimate of drug-likeness (QED) is 0.795. The molecule has 17 heavy (non-hydrogen) atoms. The van der Waals surface area contributed by atoms with Gasteiger partial charge >= 0.3 is 0 Å². The average Bonchev–Trinajstić information content (AvgIpc) is 2.34. The normalized spacial score (nSPS) is 16.8. The Balaban J connectivity index is 2.01. The number of carbonyl (C=O) groups excluding carboxylic acids is 1. The monoisotopic (exact) mass is 363 g/mol. The molecule has 1 heterocycles. The number of nitrogens with one attached hydrogen (secondary N) is 1. The molecule has 3 nitrogen and oxygen atoms in total. The van der Waals surface area contributed by atoms with Crippen LogP contribution in [0.15, 0.2) is 18.2 Å². The number of amides is 1. The highest BCUT2D eigenvalue weighted by Gasteiger charge is 2.17. The van der Waals surface area contributed by atoms with Crippen LogP contribution in [-0.4, -0.2) is 28.6 Å². The summed E-state index contributed by atoms with van der Waals surface area (Å²) >= 11 is 3.97. The Morgan fingerprint density at radius 2 is 2.12 bits per heavy atom. The third-order valence-electron chi connectivity index (χ3n) is 2.76. The number of hydrogen-bond acceptors (Lipinski definition) is 3. The number of carbonyl (C=O) groups is 1. The highest BCUT2D eigenvalue weighted by Crippen LogP contribution is 2.21. The molecule has 1 aliphatic rings. The second-order valence-electron chi connectivity index (χ2n) is 4.03. The largest absolute Gasteiger partial charge is 0.507 e. The summed E-state index contributed by atoms with van der Waals surface area (Å²) in [5.41, 5.74) is 0.529. The molecule has 0 radical (unpaired) electrons. The summed E-state index contributed by atoms with van der Waals surface area (Å²) in [4.78, 5) is 11.9. The summed E-state index contributed by atoms with van der Waals surface area (Å²) in [7, 11) is 0. The Hall–Kier alpha value is -0.430. The smallest absolute Gasteiger partial charge is 0.251 e. The van der Waals surface area contributed by atoms with E-state index in [1.807, 2.05) is 34.4 Å². The Morgan fingerprint density at radius 3 is 2.76 bits per heavy atom. The van der Waals surface area contributed by atoms with Crippen LogP contribution in [0.25, 0.3) is 0 Å². The molecule has 0 saturated carbocycles. The molecule has 0 spiro atoms. The number of benzene rings is 1. The fourth-order valence-electron chi connectivity index (χ4n) is 1.76. The molecule has 0 atom stereocenters. The van der Waals surface area contributed by atoms with Gasteiger partial charge in [-0.1, -0.05) is 0 Å². The van der Waals surface area contributed by atoms with Gasteiger partial charge in [-0.05, 0) is 65.1 Å². The maximum Gasteiger partial charge on any atom is 0.251 e. The topological polar surface area (TPSA) is 49.3 Å². The second kappa shape index (κ2) is 5.95. The van der Waals surface area contributed by atoms with Crippen molar-refractivity contribution in [3.05, 3.63) is 27.3 Å². The number of phenols is 1. The lowest BCUT2D eigenvalue weighted by molar-refractivity contribution is 0.0934. The first kappa shape index (κ1) is 13.0. The van der Waals surface area contributed by atoms with E-state index < -0.39 is 0 Å². The minimum Gasteiger partial charge on any atom is -0.507 e. The van der Waals surface area contributed by atoms with Gasteiger partial charge in [0.05, 0.1) is 3.57 Å². The summed E-state index contributed by atoms with van der Waals surface area (Å²) < 4.78 is 0.758. The Bertz CT molecular complexity index is 419.